The Bertz CT molecular complexity index is 678. The van der Waals surface area contributed by atoms with Crippen molar-refractivity contribution in [2.75, 3.05) is 13.7 Å². The molecule has 2 N–H and O–H groups in total. The van der Waals surface area contributed by atoms with Gasteiger partial charge in [-0.3, -0.25) is 4.79 Å². The summed E-state index contributed by atoms with van der Waals surface area (Å²) >= 11 is 0. The van der Waals surface area contributed by atoms with Gasteiger partial charge in [-0.05, 0) is 13.0 Å². The molecule has 0 saturated carbocycles. The van der Waals surface area contributed by atoms with Crippen LogP contribution in [0.25, 0.3) is 11.0 Å². The highest BCUT2D eigenvalue weighted by Crippen LogP contribution is 2.30. The van der Waals surface area contributed by atoms with Crippen LogP contribution in [-0.2, 0) is 9.47 Å². The SMILES string of the molecule is COCC1OC(n2ccc3c(=O)[nH]c(C)nc32)C[C@H]1O. The second kappa shape index (κ2) is 5.01. The van der Waals surface area contributed by atoms with E-state index in [4.69, 9.17) is 9.47 Å². The molecule has 2 aromatic rings. The van der Waals surface area contributed by atoms with Crippen molar-refractivity contribution in [2.45, 2.75) is 31.8 Å². The van der Waals surface area contributed by atoms with E-state index in [1.165, 1.54) is 0 Å². The van der Waals surface area contributed by atoms with E-state index in [9.17, 15) is 9.90 Å². The first kappa shape index (κ1) is 13.3. The Morgan fingerprint density at radius 3 is 3.20 bits per heavy atom. The summed E-state index contributed by atoms with van der Waals surface area (Å²) in [5.41, 5.74) is 0.403. The maximum Gasteiger partial charge on any atom is 0.260 e. The summed E-state index contributed by atoms with van der Waals surface area (Å²) in [6, 6.07) is 1.71. The molecule has 0 spiro atoms. The number of aromatic nitrogens is 3. The van der Waals surface area contributed by atoms with Gasteiger partial charge in [0.25, 0.3) is 5.56 Å². The number of methoxy groups -OCH3 is 1. The minimum Gasteiger partial charge on any atom is -0.390 e. The van der Waals surface area contributed by atoms with E-state index in [1.54, 1.807) is 30.9 Å². The average molecular weight is 279 g/mol. The number of nitrogens with zero attached hydrogens (tertiary/aromatic N) is 2. The summed E-state index contributed by atoms with van der Waals surface area (Å²) in [4.78, 5) is 18.9. The number of hydrogen-bond donors (Lipinski definition) is 2. The number of aliphatic hydroxyl groups is 1. The molecule has 108 valence electrons. The van der Waals surface area contributed by atoms with Gasteiger partial charge in [-0.2, -0.15) is 0 Å². The van der Waals surface area contributed by atoms with Crippen LogP contribution in [0.4, 0.5) is 0 Å². The van der Waals surface area contributed by atoms with Crippen LogP contribution in [0.1, 0.15) is 18.5 Å². The normalized spacial score (nSPS) is 26.4. The number of H-pyrrole nitrogens is 1. The molecule has 0 aromatic carbocycles. The minimum atomic E-state index is -0.583. The third-order valence-electron chi connectivity index (χ3n) is 3.55. The van der Waals surface area contributed by atoms with Gasteiger partial charge in [-0.1, -0.05) is 0 Å². The van der Waals surface area contributed by atoms with Crippen molar-refractivity contribution in [2.24, 2.45) is 0 Å². The summed E-state index contributed by atoms with van der Waals surface area (Å²) in [5, 5.41) is 10.5. The van der Waals surface area contributed by atoms with Crippen LogP contribution in [0, 0.1) is 6.92 Å². The number of fused-ring (bicyclic) bond motifs is 1. The summed E-state index contributed by atoms with van der Waals surface area (Å²) in [6.07, 6.45) is 0.937. The number of hydrogen-bond acceptors (Lipinski definition) is 5. The highest BCUT2D eigenvalue weighted by Gasteiger charge is 2.35. The molecule has 3 rings (SSSR count). The van der Waals surface area contributed by atoms with Gasteiger partial charge in [0, 0.05) is 19.7 Å². The molecule has 1 aliphatic heterocycles. The number of aliphatic hydroxyl groups excluding tert-OH is 1. The summed E-state index contributed by atoms with van der Waals surface area (Å²) < 4.78 is 12.6. The van der Waals surface area contributed by atoms with Gasteiger partial charge >= 0.3 is 0 Å². The Kier molecular flexibility index (Phi) is 3.33. The van der Waals surface area contributed by atoms with Gasteiger partial charge in [0.1, 0.15) is 23.8 Å². The molecule has 0 radical (unpaired) electrons. The molecular weight excluding hydrogens is 262 g/mol. The van der Waals surface area contributed by atoms with E-state index in [-0.39, 0.29) is 17.9 Å². The Balaban J connectivity index is 1.98. The number of ether oxygens (including phenoxy) is 2. The van der Waals surface area contributed by atoms with E-state index < -0.39 is 6.10 Å². The van der Waals surface area contributed by atoms with Crippen LogP contribution >= 0.6 is 0 Å². The van der Waals surface area contributed by atoms with Crippen molar-refractivity contribution >= 4 is 11.0 Å². The zero-order valence-electron chi connectivity index (χ0n) is 11.4. The van der Waals surface area contributed by atoms with Gasteiger partial charge in [-0.15, -0.1) is 0 Å². The van der Waals surface area contributed by atoms with E-state index in [0.29, 0.717) is 29.9 Å². The molecule has 7 nitrogen and oxygen atoms in total. The second-order valence-electron chi connectivity index (χ2n) is 5.00. The largest absolute Gasteiger partial charge is 0.390 e. The van der Waals surface area contributed by atoms with Crippen molar-refractivity contribution in [3.63, 3.8) is 0 Å². The van der Waals surface area contributed by atoms with Gasteiger partial charge in [0.2, 0.25) is 0 Å². The molecule has 0 amide bonds. The van der Waals surface area contributed by atoms with Crippen molar-refractivity contribution in [1.82, 2.24) is 14.5 Å². The Hall–Kier alpha value is -1.70. The smallest absolute Gasteiger partial charge is 0.260 e. The zero-order valence-corrected chi connectivity index (χ0v) is 11.4. The lowest BCUT2D eigenvalue weighted by molar-refractivity contribution is -0.0521. The van der Waals surface area contributed by atoms with Crippen molar-refractivity contribution in [3.8, 4) is 0 Å². The fourth-order valence-electron chi connectivity index (χ4n) is 2.59. The molecule has 0 aliphatic carbocycles. The van der Waals surface area contributed by atoms with Crippen molar-refractivity contribution in [1.29, 1.82) is 0 Å². The molecule has 1 saturated heterocycles. The zero-order chi connectivity index (χ0) is 14.3. The molecule has 2 unspecified atom stereocenters. The lowest BCUT2D eigenvalue weighted by Gasteiger charge is -2.15. The third kappa shape index (κ3) is 2.13. The molecule has 0 bridgehead atoms. The number of aromatic amines is 1. The van der Waals surface area contributed by atoms with Crippen LogP contribution in [0.2, 0.25) is 0 Å². The summed E-state index contributed by atoms with van der Waals surface area (Å²) in [7, 11) is 1.57. The molecule has 1 fully saturated rings. The Labute approximate surface area is 115 Å². The highest BCUT2D eigenvalue weighted by molar-refractivity contribution is 5.75. The molecule has 3 heterocycles. The fourth-order valence-corrected chi connectivity index (χ4v) is 2.59. The van der Waals surface area contributed by atoms with Crippen LogP contribution in [0.5, 0.6) is 0 Å². The van der Waals surface area contributed by atoms with Crippen LogP contribution in [0.3, 0.4) is 0 Å². The standard InChI is InChI=1S/C13H17N3O4/c1-7-14-12-8(13(18)15-7)3-4-16(12)11-5-9(17)10(20-11)6-19-2/h3-4,9-11,17H,5-6H2,1-2H3,(H,14,15,18)/t9-,10?,11?/m1/s1. The molecule has 1 aliphatic rings. The molecule has 2 aromatic heterocycles. The molecular formula is C13H17N3O4. The van der Waals surface area contributed by atoms with E-state index in [2.05, 4.69) is 9.97 Å². The molecule has 20 heavy (non-hydrogen) atoms. The maximum absolute atomic E-state index is 11.8. The van der Waals surface area contributed by atoms with Crippen molar-refractivity contribution < 1.29 is 14.6 Å². The first-order valence-corrected chi connectivity index (χ1v) is 6.50. The predicted octanol–water partition coefficient (Wildman–Crippen LogP) is 0.328. The number of nitrogens with one attached hydrogen (secondary N) is 1. The quantitative estimate of drug-likeness (QED) is 0.845. The predicted molar refractivity (Wildman–Crippen MR) is 71.5 cm³/mol. The van der Waals surface area contributed by atoms with E-state index in [0.717, 1.165) is 0 Å². The third-order valence-corrected chi connectivity index (χ3v) is 3.55. The second-order valence-corrected chi connectivity index (χ2v) is 5.00. The Morgan fingerprint density at radius 1 is 1.65 bits per heavy atom. The van der Waals surface area contributed by atoms with Crippen LogP contribution in [0.15, 0.2) is 17.1 Å². The lowest BCUT2D eigenvalue weighted by atomic mass is 10.2. The topological polar surface area (TPSA) is 89.4 Å². The van der Waals surface area contributed by atoms with Crippen molar-refractivity contribution in [3.05, 3.63) is 28.4 Å². The molecule has 7 heteroatoms. The lowest BCUT2D eigenvalue weighted by Crippen LogP contribution is -2.25. The first-order chi connectivity index (χ1) is 9.60. The summed E-state index contributed by atoms with van der Waals surface area (Å²) in [5.74, 6) is 0.550. The Morgan fingerprint density at radius 2 is 2.45 bits per heavy atom. The number of rotatable bonds is 3. The highest BCUT2D eigenvalue weighted by atomic mass is 16.6. The summed E-state index contributed by atoms with van der Waals surface area (Å²) in [6.45, 7) is 2.07. The van der Waals surface area contributed by atoms with Gasteiger partial charge in [-0.25, -0.2) is 4.98 Å². The van der Waals surface area contributed by atoms with Crippen LogP contribution < -0.4 is 5.56 Å². The number of aryl methyl sites for hydroxylation is 1. The van der Waals surface area contributed by atoms with E-state index in [1.807, 2.05) is 0 Å². The van der Waals surface area contributed by atoms with Crippen LogP contribution in [-0.4, -0.2) is 45.6 Å². The monoisotopic (exact) mass is 279 g/mol. The minimum absolute atomic E-state index is 0.168. The van der Waals surface area contributed by atoms with Gasteiger partial charge < -0.3 is 24.1 Å². The maximum atomic E-state index is 11.8. The molecule has 3 atom stereocenters. The first-order valence-electron chi connectivity index (χ1n) is 6.50. The van der Waals surface area contributed by atoms with Gasteiger partial charge in [0.05, 0.1) is 18.1 Å². The van der Waals surface area contributed by atoms with E-state index >= 15 is 0 Å². The fraction of sp³-hybridized carbons (Fsp3) is 0.538. The average Bonchev–Trinajstić information content (AvgIpc) is 2.94. The van der Waals surface area contributed by atoms with Gasteiger partial charge in [0.15, 0.2) is 0 Å².